The predicted octanol–water partition coefficient (Wildman–Crippen LogP) is -0.390. The Bertz CT molecular complexity index is 826. The van der Waals surface area contributed by atoms with Gasteiger partial charge < -0.3 is 15.3 Å². The molecule has 0 bridgehead atoms. The van der Waals surface area contributed by atoms with Gasteiger partial charge in [-0.3, -0.25) is 14.1 Å². The van der Waals surface area contributed by atoms with E-state index in [0.29, 0.717) is 9.87 Å². The van der Waals surface area contributed by atoms with Gasteiger partial charge in [-0.25, -0.2) is 9.10 Å². The van der Waals surface area contributed by atoms with Crippen molar-refractivity contribution in [2.24, 2.45) is 0 Å². The van der Waals surface area contributed by atoms with Crippen LogP contribution >= 0.6 is 0 Å². The van der Waals surface area contributed by atoms with Crippen molar-refractivity contribution in [3.05, 3.63) is 35.9 Å². The van der Waals surface area contributed by atoms with Crippen LogP contribution in [0.3, 0.4) is 0 Å². The maximum atomic E-state index is 12.8. The average molecular weight is 369 g/mol. The molecule has 3 amide bonds. The van der Waals surface area contributed by atoms with E-state index >= 15 is 0 Å². The number of carbonyl (C=O) groups is 3. The number of nitrogens with one attached hydrogen (secondary N) is 1. The Morgan fingerprint density at radius 2 is 1.88 bits per heavy atom. The summed E-state index contributed by atoms with van der Waals surface area (Å²) in [6, 6.07) is 5.06. The van der Waals surface area contributed by atoms with Crippen molar-refractivity contribution in [3.8, 4) is 0 Å². The van der Waals surface area contributed by atoms with E-state index in [0.717, 1.165) is 4.90 Å². The first-order valence-electron chi connectivity index (χ1n) is 7.37. The zero-order valence-corrected chi connectivity index (χ0v) is 13.6. The van der Waals surface area contributed by atoms with E-state index in [2.05, 4.69) is 5.32 Å². The summed E-state index contributed by atoms with van der Waals surface area (Å²) < 4.78 is 31.8. The van der Waals surface area contributed by atoms with Crippen molar-refractivity contribution >= 4 is 28.2 Å². The fourth-order valence-electron chi connectivity index (χ4n) is 3.29. The Morgan fingerprint density at radius 1 is 1.24 bits per heavy atom. The zero-order chi connectivity index (χ0) is 18.4. The number of benzene rings is 1. The molecule has 2 heterocycles. The molecule has 11 heteroatoms. The first-order valence-corrected chi connectivity index (χ1v) is 8.77. The molecule has 10 nitrogen and oxygen atoms in total. The van der Waals surface area contributed by atoms with Gasteiger partial charge in [0.25, 0.3) is 11.8 Å². The van der Waals surface area contributed by atoms with Gasteiger partial charge in [-0.1, -0.05) is 30.3 Å². The van der Waals surface area contributed by atoms with E-state index in [9.17, 15) is 22.8 Å². The minimum Gasteiger partial charge on any atom is -0.465 e. The van der Waals surface area contributed by atoms with Gasteiger partial charge in [-0.05, 0) is 12.0 Å². The quantitative estimate of drug-likeness (QED) is 0.484. The Balaban J connectivity index is 1.85. The first kappa shape index (κ1) is 17.2. The fourth-order valence-corrected chi connectivity index (χ4v) is 4.18. The standard InChI is InChI=1S/C14H15N3O7S/c18-12(10(15-14(20)21)8-4-2-1-3-5-8)16-7-6-9-11(16)13(19)17(9)25(22,23)24/h1-5,9-11,15H,6-7H2,(H,20,21)(H,22,23,24)/t9-,10+,11+/m1/s1. The fraction of sp³-hybridized carbons (Fsp3) is 0.357. The number of rotatable bonds is 4. The lowest BCUT2D eigenvalue weighted by atomic mass is 9.99. The molecule has 3 atom stereocenters. The molecule has 0 aromatic heterocycles. The number of hydrogen-bond donors (Lipinski definition) is 3. The van der Waals surface area contributed by atoms with Gasteiger partial charge in [0.15, 0.2) is 0 Å². The van der Waals surface area contributed by atoms with Crippen LogP contribution in [0, 0.1) is 0 Å². The van der Waals surface area contributed by atoms with Gasteiger partial charge in [0, 0.05) is 6.54 Å². The summed E-state index contributed by atoms with van der Waals surface area (Å²) in [7, 11) is -4.67. The van der Waals surface area contributed by atoms with Gasteiger partial charge in [0.05, 0.1) is 6.04 Å². The maximum absolute atomic E-state index is 12.8. The number of likely N-dealkylation sites (tertiary alicyclic amines) is 1. The highest BCUT2D eigenvalue weighted by atomic mass is 32.2. The summed E-state index contributed by atoms with van der Waals surface area (Å²) >= 11 is 0. The van der Waals surface area contributed by atoms with Crippen LogP contribution in [0.1, 0.15) is 18.0 Å². The van der Waals surface area contributed by atoms with Crippen molar-refractivity contribution in [1.29, 1.82) is 0 Å². The molecule has 0 saturated carbocycles. The van der Waals surface area contributed by atoms with E-state index in [1.165, 1.54) is 0 Å². The maximum Gasteiger partial charge on any atom is 0.405 e. The lowest BCUT2D eigenvalue weighted by Gasteiger charge is -2.43. The van der Waals surface area contributed by atoms with E-state index < -0.39 is 46.3 Å². The third-order valence-electron chi connectivity index (χ3n) is 4.32. The largest absolute Gasteiger partial charge is 0.465 e. The number of carboxylic acid groups (broad SMARTS) is 1. The smallest absolute Gasteiger partial charge is 0.405 e. The van der Waals surface area contributed by atoms with Crippen molar-refractivity contribution in [2.75, 3.05) is 6.54 Å². The highest BCUT2D eigenvalue weighted by molar-refractivity contribution is 7.84. The molecule has 0 radical (unpaired) electrons. The Morgan fingerprint density at radius 3 is 2.44 bits per heavy atom. The normalized spacial score (nSPS) is 23.6. The minimum absolute atomic E-state index is 0.0799. The molecule has 2 saturated heterocycles. The van der Waals surface area contributed by atoms with E-state index in [-0.39, 0.29) is 13.0 Å². The minimum atomic E-state index is -4.67. The Labute approximate surface area is 142 Å². The Kier molecular flexibility index (Phi) is 4.13. The number of hydrogen-bond acceptors (Lipinski definition) is 5. The molecule has 3 N–H and O–H groups in total. The Hall–Kier alpha value is -2.66. The van der Waals surface area contributed by atoms with Gasteiger partial charge in [0.1, 0.15) is 12.1 Å². The predicted molar refractivity (Wildman–Crippen MR) is 82.6 cm³/mol. The van der Waals surface area contributed by atoms with E-state index in [4.69, 9.17) is 9.66 Å². The molecule has 3 rings (SSSR count). The molecule has 0 aliphatic carbocycles. The molecular weight excluding hydrogens is 354 g/mol. The first-order chi connectivity index (χ1) is 11.7. The summed E-state index contributed by atoms with van der Waals surface area (Å²) in [5.74, 6) is -1.55. The number of fused-ring (bicyclic) bond motifs is 1. The number of carbonyl (C=O) groups excluding carboxylic acids is 2. The van der Waals surface area contributed by atoms with Gasteiger partial charge in [-0.15, -0.1) is 0 Å². The third kappa shape index (κ3) is 2.91. The molecular formula is C14H15N3O7S. The monoisotopic (exact) mass is 369 g/mol. The van der Waals surface area contributed by atoms with Crippen molar-refractivity contribution in [3.63, 3.8) is 0 Å². The lowest BCUT2D eigenvalue weighted by Crippen LogP contribution is -2.68. The summed E-state index contributed by atoms with van der Waals surface area (Å²) in [6.45, 7) is 0.0799. The second kappa shape index (κ2) is 6.01. The van der Waals surface area contributed by atoms with Crippen LogP contribution in [0.4, 0.5) is 4.79 Å². The zero-order valence-electron chi connectivity index (χ0n) is 12.8. The molecule has 2 aliphatic heterocycles. The van der Waals surface area contributed by atoms with Crippen LogP contribution in [-0.2, 0) is 19.9 Å². The number of β-lactam (4-membered cyclic amide) rings is 1. The molecule has 1 aromatic carbocycles. The van der Waals surface area contributed by atoms with Crippen molar-refractivity contribution < 1.29 is 32.5 Å². The third-order valence-corrected chi connectivity index (χ3v) is 5.26. The molecule has 134 valence electrons. The van der Waals surface area contributed by atoms with Crippen LogP contribution in [0.5, 0.6) is 0 Å². The number of nitrogens with zero attached hydrogens (tertiary/aromatic N) is 2. The summed E-state index contributed by atoms with van der Waals surface area (Å²) in [5.41, 5.74) is 0.400. The highest BCUT2D eigenvalue weighted by Gasteiger charge is 2.60. The molecule has 25 heavy (non-hydrogen) atoms. The molecule has 0 unspecified atom stereocenters. The van der Waals surface area contributed by atoms with Crippen molar-refractivity contribution in [2.45, 2.75) is 24.5 Å². The van der Waals surface area contributed by atoms with Crippen molar-refractivity contribution in [1.82, 2.24) is 14.5 Å². The van der Waals surface area contributed by atoms with Crippen LogP contribution in [0.2, 0.25) is 0 Å². The molecule has 1 aromatic rings. The summed E-state index contributed by atoms with van der Waals surface area (Å²) in [5, 5.41) is 11.1. The van der Waals surface area contributed by atoms with Gasteiger partial charge in [0.2, 0.25) is 0 Å². The molecule has 2 fully saturated rings. The van der Waals surface area contributed by atoms with Crippen LogP contribution in [-0.4, -0.2) is 63.8 Å². The summed E-state index contributed by atoms with van der Waals surface area (Å²) in [4.78, 5) is 37.0. The number of amides is 3. The van der Waals surface area contributed by atoms with E-state index in [1.54, 1.807) is 30.3 Å². The van der Waals surface area contributed by atoms with Gasteiger partial charge >= 0.3 is 16.4 Å². The van der Waals surface area contributed by atoms with Gasteiger partial charge in [-0.2, -0.15) is 8.42 Å². The second-order valence-electron chi connectivity index (χ2n) is 5.74. The molecule has 2 aliphatic rings. The van der Waals surface area contributed by atoms with Crippen LogP contribution in [0.25, 0.3) is 0 Å². The molecule has 0 spiro atoms. The van der Waals surface area contributed by atoms with E-state index in [1.807, 2.05) is 0 Å². The topological polar surface area (TPSA) is 144 Å². The lowest BCUT2D eigenvalue weighted by molar-refractivity contribution is -0.152. The summed E-state index contributed by atoms with van der Waals surface area (Å²) in [6.07, 6.45) is -1.23. The van der Waals surface area contributed by atoms with Crippen LogP contribution < -0.4 is 5.32 Å². The highest BCUT2D eigenvalue weighted by Crippen LogP contribution is 2.37. The van der Waals surface area contributed by atoms with Crippen LogP contribution in [0.15, 0.2) is 30.3 Å². The SMILES string of the molecule is O=C(O)N[C@H](C(=O)N1CC[C@@H]2[C@H]1C(=O)N2S(=O)(=O)O)c1ccccc1. The second-order valence-corrected chi connectivity index (χ2v) is 7.03. The average Bonchev–Trinajstić information content (AvgIpc) is 2.90.